The summed E-state index contributed by atoms with van der Waals surface area (Å²) in [6.45, 7) is 17.8. The highest BCUT2D eigenvalue weighted by Crippen LogP contribution is 2.33. The van der Waals surface area contributed by atoms with E-state index in [0.717, 1.165) is 11.1 Å². The van der Waals surface area contributed by atoms with Gasteiger partial charge in [0.2, 0.25) is 0 Å². The zero-order valence-electron chi connectivity index (χ0n) is 21.5. The van der Waals surface area contributed by atoms with Crippen molar-refractivity contribution in [3.8, 4) is 11.5 Å². The van der Waals surface area contributed by atoms with Gasteiger partial charge in [0.15, 0.2) is 0 Å². The highest BCUT2D eigenvalue weighted by atomic mass is 16.3. The van der Waals surface area contributed by atoms with Gasteiger partial charge in [0.05, 0.1) is 0 Å². The van der Waals surface area contributed by atoms with Crippen LogP contribution in [0.1, 0.15) is 111 Å². The van der Waals surface area contributed by atoms with E-state index in [1.54, 1.807) is 24.3 Å². The predicted molar refractivity (Wildman–Crippen MR) is 137 cm³/mol. The van der Waals surface area contributed by atoms with Crippen LogP contribution in [0, 0.1) is 5.41 Å². The normalized spacial score (nSPS) is 11.1. The standard InChI is InChI=1S/C15H16O2.C11H24.C3H8/c1-15(2,11-3-7-13(16)8-4-11)12-5-9-14(17)10-6-12;1-5-7-8-10-11(3,4)9-6-2;1-3-2/h3-10,16-17H,1-2H3;5-10H2,1-4H3;3H2,1-2H3. The Bertz CT molecular complexity index is 634. The van der Waals surface area contributed by atoms with Crippen LogP contribution in [-0.2, 0) is 5.41 Å². The second kappa shape index (κ2) is 14.9. The number of phenols is 2. The van der Waals surface area contributed by atoms with Crippen molar-refractivity contribution in [2.45, 2.75) is 106 Å². The molecule has 176 valence electrons. The minimum absolute atomic E-state index is 0.151. The molecule has 31 heavy (non-hydrogen) atoms. The SMILES string of the molecule is CC(C)(c1ccc(O)cc1)c1ccc(O)cc1.CCC.CCCCCC(C)(C)CCC. The molecule has 0 saturated carbocycles. The Morgan fingerprint density at radius 2 is 0.968 bits per heavy atom. The molecule has 0 atom stereocenters. The third-order valence-electron chi connectivity index (χ3n) is 5.56. The highest BCUT2D eigenvalue weighted by molar-refractivity contribution is 5.41. The van der Waals surface area contributed by atoms with E-state index in [4.69, 9.17) is 0 Å². The Morgan fingerprint density at radius 3 is 1.29 bits per heavy atom. The molecule has 0 amide bonds. The van der Waals surface area contributed by atoms with Crippen LogP contribution < -0.4 is 0 Å². The molecule has 2 heteroatoms. The molecular formula is C29H48O2. The number of hydrogen-bond donors (Lipinski definition) is 2. The van der Waals surface area contributed by atoms with E-state index in [0.29, 0.717) is 5.41 Å². The van der Waals surface area contributed by atoms with Gasteiger partial charge in [-0.25, -0.2) is 0 Å². The van der Waals surface area contributed by atoms with Gasteiger partial charge in [-0.3, -0.25) is 0 Å². The average Bonchev–Trinajstić information content (AvgIpc) is 2.70. The van der Waals surface area contributed by atoms with Crippen LogP contribution in [0.5, 0.6) is 11.5 Å². The van der Waals surface area contributed by atoms with E-state index in [9.17, 15) is 10.2 Å². The van der Waals surface area contributed by atoms with Gasteiger partial charge in [-0.2, -0.15) is 0 Å². The predicted octanol–water partition coefficient (Wildman–Crippen LogP) is 9.23. The van der Waals surface area contributed by atoms with E-state index in [2.05, 4.69) is 55.4 Å². The van der Waals surface area contributed by atoms with Crippen molar-refractivity contribution in [3.63, 3.8) is 0 Å². The molecule has 2 N–H and O–H groups in total. The molecule has 2 aromatic carbocycles. The van der Waals surface area contributed by atoms with Crippen molar-refractivity contribution in [3.05, 3.63) is 59.7 Å². The third-order valence-corrected chi connectivity index (χ3v) is 5.56. The van der Waals surface area contributed by atoms with Crippen LogP contribution in [0.3, 0.4) is 0 Å². The first-order valence-corrected chi connectivity index (χ1v) is 12.1. The summed E-state index contributed by atoms with van der Waals surface area (Å²) < 4.78 is 0. The summed E-state index contributed by atoms with van der Waals surface area (Å²) in [7, 11) is 0. The molecule has 0 aliphatic heterocycles. The van der Waals surface area contributed by atoms with Crippen molar-refractivity contribution in [1.82, 2.24) is 0 Å². The maximum absolute atomic E-state index is 9.30. The number of hydrogen-bond acceptors (Lipinski definition) is 2. The zero-order chi connectivity index (χ0) is 23.9. The first-order chi connectivity index (χ1) is 14.5. The summed E-state index contributed by atoms with van der Waals surface area (Å²) in [5.74, 6) is 0.547. The zero-order valence-corrected chi connectivity index (χ0v) is 21.5. The molecule has 0 bridgehead atoms. The third kappa shape index (κ3) is 11.9. The Kier molecular flexibility index (Phi) is 14.0. The number of phenolic OH excluding ortho intramolecular Hbond substituents is 2. The summed E-state index contributed by atoms with van der Waals surface area (Å²) in [5, 5.41) is 18.6. The second-order valence-corrected chi connectivity index (χ2v) is 9.80. The Balaban J connectivity index is 0.000000557. The van der Waals surface area contributed by atoms with Gasteiger partial charge in [-0.1, -0.05) is 112 Å². The summed E-state index contributed by atoms with van der Waals surface area (Å²) in [4.78, 5) is 0. The molecule has 0 heterocycles. The summed E-state index contributed by atoms with van der Waals surface area (Å²) in [5.41, 5.74) is 2.70. The van der Waals surface area contributed by atoms with E-state index >= 15 is 0 Å². The lowest BCUT2D eigenvalue weighted by atomic mass is 9.78. The Labute approximate surface area is 192 Å². The number of aromatic hydroxyl groups is 2. The molecule has 0 radical (unpaired) electrons. The molecule has 0 aliphatic carbocycles. The van der Waals surface area contributed by atoms with E-state index in [-0.39, 0.29) is 16.9 Å². The Morgan fingerprint density at radius 1 is 0.581 bits per heavy atom. The molecule has 2 nitrogen and oxygen atoms in total. The van der Waals surface area contributed by atoms with Crippen LogP contribution in [0.15, 0.2) is 48.5 Å². The topological polar surface area (TPSA) is 40.5 Å². The lowest BCUT2D eigenvalue weighted by molar-refractivity contribution is 0.292. The highest BCUT2D eigenvalue weighted by Gasteiger charge is 2.22. The number of rotatable bonds is 8. The molecule has 0 aromatic heterocycles. The minimum atomic E-state index is -0.151. The fourth-order valence-electron chi connectivity index (χ4n) is 3.58. The van der Waals surface area contributed by atoms with Crippen LogP contribution >= 0.6 is 0 Å². The van der Waals surface area contributed by atoms with E-state index in [1.807, 2.05) is 24.3 Å². The van der Waals surface area contributed by atoms with Gasteiger partial charge in [0, 0.05) is 5.41 Å². The lowest BCUT2D eigenvalue weighted by Crippen LogP contribution is -2.18. The molecule has 0 unspecified atom stereocenters. The first kappa shape index (κ1) is 29.0. The minimum Gasteiger partial charge on any atom is -0.508 e. The fraction of sp³-hybridized carbons (Fsp3) is 0.586. The van der Waals surface area contributed by atoms with Crippen LogP contribution in [0.2, 0.25) is 0 Å². The molecule has 0 spiro atoms. The van der Waals surface area contributed by atoms with Crippen LogP contribution in [0.25, 0.3) is 0 Å². The number of unbranched alkanes of at least 4 members (excludes halogenated alkanes) is 2. The van der Waals surface area contributed by atoms with Crippen molar-refractivity contribution in [2.24, 2.45) is 5.41 Å². The van der Waals surface area contributed by atoms with Crippen molar-refractivity contribution >= 4 is 0 Å². The van der Waals surface area contributed by atoms with Gasteiger partial charge in [0.25, 0.3) is 0 Å². The molecule has 2 rings (SSSR count). The second-order valence-electron chi connectivity index (χ2n) is 9.80. The summed E-state index contributed by atoms with van der Waals surface area (Å²) in [6.07, 6.45) is 9.56. The van der Waals surface area contributed by atoms with Crippen LogP contribution in [-0.4, -0.2) is 10.2 Å². The first-order valence-electron chi connectivity index (χ1n) is 12.1. The molecular weight excluding hydrogens is 380 g/mol. The maximum Gasteiger partial charge on any atom is 0.115 e. The quantitative estimate of drug-likeness (QED) is 0.411. The summed E-state index contributed by atoms with van der Waals surface area (Å²) in [6, 6.07) is 14.4. The Hall–Kier alpha value is -1.96. The number of benzene rings is 2. The van der Waals surface area contributed by atoms with E-state index in [1.165, 1.54) is 44.9 Å². The largest absolute Gasteiger partial charge is 0.508 e. The maximum atomic E-state index is 9.30. The average molecular weight is 429 g/mol. The van der Waals surface area contributed by atoms with Crippen LogP contribution in [0.4, 0.5) is 0 Å². The van der Waals surface area contributed by atoms with Gasteiger partial charge in [-0.05, 0) is 53.6 Å². The lowest BCUT2D eigenvalue weighted by Gasteiger charge is -2.26. The van der Waals surface area contributed by atoms with Crippen molar-refractivity contribution < 1.29 is 10.2 Å². The summed E-state index contributed by atoms with van der Waals surface area (Å²) >= 11 is 0. The van der Waals surface area contributed by atoms with Gasteiger partial charge in [0.1, 0.15) is 11.5 Å². The van der Waals surface area contributed by atoms with E-state index < -0.39 is 0 Å². The monoisotopic (exact) mass is 428 g/mol. The van der Waals surface area contributed by atoms with Gasteiger partial charge in [-0.15, -0.1) is 0 Å². The fourth-order valence-corrected chi connectivity index (χ4v) is 3.58. The van der Waals surface area contributed by atoms with Gasteiger partial charge >= 0.3 is 0 Å². The van der Waals surface area contributed by atoms with Crippen molar-refractivity contribution in [2.75, 3.05) is 0 Å². The molecule has 2 aromatic rings. The molecule has 0 aliphatic rings. The molecule has 0 saturated heterocycles. The molecule has 0 fully saturated rings. The van der Waals surface area contributed by atoms with Gasteiger partial charge < -0.3 is 10.2 Å². The smallest absolute Gasteiger partial charge is 0.115 e. The van der Waals surface area contributed by atoms with Crippen molar-refractivity contribution in [1.29, 1.82) is 0 Å².